The molecule has 1 N–H and O–H groups in total. The summed E-state index contributed by atoms with van der Waals surface area (Å²) in [6, 6.07) is 0. The third-order valence-electron chi connectivity index (χ3n) is 2.70. The van der Waals surface area contributed by atoms with Crippen LogP contribution in [-0.4, -0.2) is 46.7 Å². The lowest BCUT2D eigenvalue weighted by atomic mass is 10.0. The molecule has 5 nitrogen and oxygen atoms in total. The fraction of sp³-hybridized carbons (Fsp3) is 0.833. The maximum absolute atomic E-state index is 11.9. The predicted molar refractivity (Wildman–Crippen MR) is 62.7 cm³/mol. The second-order valence-electron chi connectivity index (χ2n) is 5.21. The van der Waals surface area contributed by atoms with Crippen molar-refractivity contribution in [2.24, 2.45) is 0 Å². The lowest BCUT2D eigenvalue weighted by Gasteiger charge is -2.41. The van der Waals surface area contributed by atoms with Gasteiger partial charge in [0.05, 0.1) is 11.7 Å². The van der Waals surface area contributed by atoms with Crippen LogP contribution in [0.5, 0.6) is 0 Å². The van der Waals surface area contributed by atoms with Crippen molar-refractivity contribution in [1.29, 1.82) is 0 Å². The Bertz CT molecular complexity index is 301. The first kappa shape index (κ1) is 14.0. The molecule has 1 heterocycles. The van der Waals surface area contributed by atoms with E-state index in [4.69, 9.17) is 9.84 Å². The highest BCUT2D eigenvalue weighted by molar-refractivity contribution is 5.77. The average Bonchev–Trinajstić information content (AvgIpc) is 2.13. The summed E-state index contributed by atoms with van der Waals surface area (Å²) in [5.41, 5.74) is -0.319. The molecule has 0 bridgehead atoms. The van der Waals surface area contributed by atoms with E-state index in [2.05, 4.69) is 0 Å². The van der Waals surface area contributed by atoms with E-state index < -0.39 is 5.97 Å². The number of amides is 1. The monoisotopic (exact) mass is 243 g/mol. The van der Waals surface area contributed by atoms with Crippen molar-refractivity contribution in [2.75, 3.05) is 13.1 Å². The van der Waals surface area contributed by atoms with E-state index in [0.717, 1.165) is 0 Å². The molecular formula is C12H21NO4. The van der Waals surface area contributed by atoms with Crippen LogP contribution in [0.25, 0.3) is 0 Å². The molecule has 5 heteroatoms. The lowest BCUT2D eigenvalue weighted by Crippen LogP contribution is -2.53. The quantitative estimate of drug-likeness (QED) is 0.807. The van der Waals surface area contributed by atoms with Crippen molar-refractivity contribution in [1.82, 2.24) is 4.90 Å². The molecule has 1 fully saturated rings. The maximum Gasteiger partial charge on any atom is 0.303 e. The number of morpholine rings is 1. The van der Waals surface area contributed by atoms with Crippen molar-refractivity contribution in [3.63, 3.8) is 0 Å². The Morgan fingerprint density at radius 2 is 2.06 bits per heavy atom. The van der Waals surface area contributed by atoms with Gasteiger partial charge in [0, 0.05) is 25.9 Å². The third kappa shape index (κ3) is 4.73. The second-order valence-corrected chi connectivity index (χ2v) is 5.21. The largest absolute Gasteiger partial charge is 0.481 e. The number of hydrogen-bond acceptors (Lipinski definition) is 3. The van der Waals surface area contributed by atoms with Gasteiger partial charge in [0.2, 0.25) is 5.91 Å². The number of carboxylic acids is 1. The Kier molecular flexibility index (Phi) is 4.51. The molecule has 1 amide bonds. The highest BCUT2D eigenvalue weighted by atomic mass is 16.5. The molecule has 0 aliphatic carbocycles. The summed E-state index contributed by atoms with van der Waals surface area (Å²) in [6.45, 7) is 7.03. The second kappa shape index (κ2) is 5.49. The minimum atomic E-state index is -0.853. The Balaban J connectivity index is 2.43. The highest BCUT2D eigenvalue weighted by Crippen LogP contribution is 2.21. The number of hydrogen-bond donors (Lipinski definition) is 1. The zero-order chi connectivity index (χ0) is 13.1. The Morgan fingerprint density at radius 1 is 1.41 bits per heavy atom. The maximum atomic E-state index is 11.9. The Morgan fingerprint density at radius 3 is 2.59 bits per heavy atom. The normalized spacial score (nSPS) is 23.5. The summed E-state index contributed by atoms with van der Waals surface area (Å²) < 4.78 is 5.71. The molecule has 1 aliphatic heterocycles. The molecule has 1 saturated heterocycles. The van der Waals surface area contributed by atoms with Gasteiger partial charge in [-0.25, -0.2) is 0 Å². The van der Waals surface area contributed by atoms with Crippen molar-refractivity contribution in [2.45, 2.75) is 51.7 Å². The minimum Gasteiger partial charge on any atom is -0.481 e. The minimum absolute atomic E-state index is 0.0227. The SMILES string of the molecule is CC1CN(C(=O)CCCC(=O)O)CC(C)(C)O1. The van der Waals surface area contributed by atoms with Gasteiger partial charge in [-0.15, -0.1) is 0 Å². The van der Waals surface area contributed by atoms with Crippen molar-refractivity contribution < 1.29 is 19.4 Å². The highest BCUT2D eigenvalue weighted by Gasteiger charge is 2.33. The smallest absolute Gasteiger partial charge is 0.303 e. The topological polar surface area (TPSA) is 66.8 Å². The van der Waals surface area contributed by atoms with E-state index in [0.29, 0.717) is 25.9 Å². The van der Waals surface area contributed by atoms with E-state index in [1.54, 1.807) is 4.90 Å². The van der Waals surface area contributed by atoms with Gasteiger partial charge < -0.3 is 14.7 Å². The molecule has 0 aromatic heterocycles. The van der Waals surface area contributed by atoms with Crippen LogP contribution in [0.4, 0.5) is 0 Å². The predicted octanol–water partition coefficient (Wildman–Crippen LogP) is 1.27. The van der Waals surface area contributed by atoms with E-state index in [-0.39, 0.29) is 24.0 Å². The zero-order valence-electron chi connectivity index (χ0n) is 10.7. The van der Waals surface area contributed by atoms with Gasteiger partial charge in [-0.3, -0.25) is 9.59 Å². The first-order valence-electron chi connectivity index (χ1n) is 5.97. The van der Waals surface area contributed by atoms with E-state index in [9.17, 15) is 9.59 Å². The number of rotatable bonds is 4. The van der Waals surface area contributed by atoms with Crippen LogP contribution in [0.1, 0.15) is 40.0 Å². The number of carboxylic acid groups (broad SMARTS) is 1. The summed E-state index contributed by atoms with van der Waals surface area (Å²) in [5.74, 6) is -0.831. The summed E-state index contributed by atoms with van der Waals surface area (Å²) in [7, 11) is 0. The number of carbonyl (C=O) groups excluding carboxylic acids is 1. The summed E-state index contributed by atoms with van der Waals surface area (Å²) in [5, 5.41) is 8.52. The van der Waals surface area contributed by atoms with E-state index in [1.807, 2.05) is 20.8 Å². The zero-order valence-corrected chi connectivity index (χ0v) is 10.7. The van der Waals surface area contributed by atoms with Gasteiger partial charge in [0.1, 0.15) is 0 Å². The average molecular weight is 243 g/mol. The van der Waals surface area contributed by atoms with Crippen molar-refractivity contribution in [3.8, 4) is 0 Å². The van der Waals surface area contributed by atoms with E-state index >= 15 is 0 Å². The molecular weight excluding hydrogens is 222 g/mol. The Hall–Kier alpha value is -1.10. The van der Waals surface area contributed by atoms with Gasteiger partial charge in [-0.1, -0.05) is 0 Å². The summed E-state index contributed by atoms with van der Waals surface area (Å²) >= 11 is 0. The van der Waals surface area contributed by atoms with Gasteiger partial charge >= 0.3 is 5.97 Å². The lowest BCUT2D eigenvalue weighted by molar-refractivity contribution is -0.158. The van der Waals surface area contributed by atoms with E-state index in [1.165, 1.54) is 0 Å². The molecule has 98 valence electrons. The first-order chi connectivity index (χ1) is 7.80. The van der Waals surface area contributed by atoms with Crippen LogP contribution in [0.15, 0.2) is 0 Å². The number of nitrogens with zero attached hydrogens (tertiary/aromatic N) is 1. The molecule has 0 spiro atoms. The first-order valence-corrected chi connectivity index (χ1v) is 5.97. The number of ether oxygens (including phenoxy) is 1. The fourth-order valence-corrected chi connectivity index (χ4v) is 2.19. The van der Waals surface area contributed by atoms with Gasteiger partial charge in [-0.05, 0) is 27.2 Å². The summed E-state index contributed by atoms with van der Waals surface area (Å²) in [4.78, 5) is 24.0. The molecule has 0 aromatic carbocycles. The van der Waals surface area contributed by atoms with Crippen LogP contribution < -0.4 is 0 Å². The van der Waals surface area contributed by atoms with Gasteiger partial charge in [0.25, 0.3) is 0 Å². The fourth-order valence-electron chi connectivity index (χ4n) is 2.19. The molecule has 0 saturated carbocycles. The van der Waals surface area contributed by atoms with Crippen LogP contribution in [0.2, 0.25) is 0 Å². The molecule has 0 radical (unpaired) electrons. The number of aliphatic carboxylic acids is 1. The molecule has 17 heavy (non-hydrogen) atoms. The molecule has 1 unspecified atom stereocenters. The van der Waals surface area contributed by atoms with Crippen LogP contribution in [0, 0.1) is 0 Å². The van der Waals surface area contributed by atoms with Crippen molar-refractivity contribution in [3.05, 3.63) is 0 Å². The Labute approximate surface area is 102 Å². The molecule has 1 atom stereocenters. The third-order valence-corrected chi connectivity index (χ3v) is 2.70. The molecule has 1 aliphatic rings. The van der Waals surface area contributed by atoms with Crippen LogP contribution in [0.3, 0.4) is 0 Å². The molecule has 0 aromatic rings. The standard InChI is InChI=1S/C12H21NO4/c1-9-7-13(8-12(2,3)17-9)10(14)5-4-6-11(15)16/h9H,4-8H2,1-3H3,(H,15,16). The summed E-state index contributed by atoms with van der Waals surface area (Å²) in [6.07, 6.45) is 0.784. The van der Waals surface area contributed by atoms with Gasteiger partial charge in [0.15, 0.2) is 0 Å². The van der Waals surface area contributed by atoms with Gasteiger partial charge in [-0.2, -0.15) is 0 Å². The van der Waals surface area contributed by atoms with Crippen LogP contribution >= 0.6 is 0 Å². The van der Waals surface area contributed by atoms with Crippen LogP contribution in [-0.2, 0) is 14.3 Å². The number of carbonyl (C=O) groups is 2. The molecule has 1 rings (SSSR count). The van der Waals surface area contributed by atoms with Crippen molar-refractivity contribution >= 4 is 11.9 Å².